The fraction of sp³-hybridized carbons (Fsp3) is 0.786. The molecule has 1 aliphatic heterocycles. The lowest BCUT2D eigenvalue weighted by Gasteiger charge is -2.40. The molecule has 0 atom stereocenters. The van der Waals surface area contributed by atoms with E-state index in [-0.39, 0.29) is 5.54 Å². The second kappa shape index (κ2) is 5.68. The van der Waals surface area contributed by atoms with Gasteiger partial charge in [0.2, 0.25) is 0 Å². The summed E-state index contributed by atoms with van der Waals surface area (Å²) in [6.45, 7) is 13.5. The summed E-state index contributed by atoms with van der Waals surface area (Å²) in [5.41, 5.74) is 1.30. The van der Waals surface area contributed by atoms with Crippen LogP contribution in [0.25, 0.3) is 0 Å². The van der Waals surface area contributed by atoms with Gasteiger partial charge in [0.05, 0.1) is 16.2 Å². The smallest absolute Gasteiger partial charge is 0.0931 e. The lowest BCUT2D eigenvalue weighted by molar-refractivity contribution is 0.0992. The minimum atomic E-state index is 0.0633. The van der Waals surface area contributed by atoms with E-state index in [9.17, 15) is 0 Å². The van der Waals surface area contributed by atoms with E-state index in [4.69, 9.17) is 4.98 Å². The Balaban J connectivity index is 2.10. The van der Waals surface area contributed by atoms with Crippen molar-refractivity contribution in [2.24, 2.45) is 5.92 Å². The molecule has 1 aromatic rings. The lowest BCUT2D eigenvalue weighted by Crippen LogP contribution is -2.51. The topological polar surface area (TPSA) is 28.2 Å². The molecule has 0 unspecified atom stereocenters. The van der Waals surface area contributed by atoms with Crippen molar-refractivity contribution in [1.29, 1.82) is 0 Å². The summed E-state index contributed by atoms with van der Waals surface area (Å²) < 4.78 is 0. The highest BCUT2D eigenvalue weighted by molar-refractivity contribution is 7.09. The Morgan fingerprint density at radius 1 is 1.39 bits per heavy atom. The van der Waals surface area contributed by atoms with Crippen molar-refractivity contribution >= 4 is 11.3 Å². The van der Waals surface area contributed by atoms with Crippen molar-refractivity contribution in [3.05, 3.63) is 16.1 Å². The summed E-state index contributed by atoms with van der Waals surface area (Å²) in [5.74, 6) is 0.686. The second-order valence-electron chi connectivity index (χ2n) is 6.02. The lowest BCUT2D eigenvalue weighted by atomic mass is 9.98. The van der Waals surface area contributed by atoms with Crippen molar-refractivity contribution in [3.63, 3.8) is 0 Å². The number of hydrogen-bond acceptors (Lipinski definition) is 4. The van der Waals surface area contributed by atoms with Gasteiger partial charge >= 0.3 is 0 Å². The number of aromatic nitrogens is 1. The number of nitrogens with zero attached hydrogens (tertiary/aromatic N) is 2. The Labute approximate surface area is 115 Å². The van der Waals surface area contributed by atoms with E-state index in [0.29, 0.717) is 5.92 Å². The molecule has 0 aromatic carbocycles. The van der Waals surface area contributed by atoms with Crippen molar-refractivity contribution in [2.45, 2.75) is 39.7 Å². The Hall–Kier alpha value is -0.450. The molecule has 3 nitrogen and oxygen atoms in total. The number of rotatable bonds is 4. The third-order valence-corrected chi connectivity index (χ3v) is 4.54. The molecule has 2 rings (SSSR count). The van der Waals surface area contributed by atoms with Gasteiger partial charge in [0.1, 0.15) is 0 Å². The van der Waals surface area contributed by atoms with Crippen LogP contribution in [0.3, 0.4) is 0 Å². The molecule has 102 valence electrons. The molecule has 18 heavy (non-hydrogen) atoms. The van der Waals surface area contributed by atoms with Gasteiger partial charge in [-0.2, -0.15) is 0 Å². The van der Waals surface area contributed by atoms with Crippen LogP contribution < -0.4 is 5.32 Å². The largest absolute Gasteiger partial charge is 0.314 e. The monoisotopic (exact) mass is 267 g/mol. The van der Waals surface area contributed by atoms with Gasteiger partial charge < -0.3 is 5.32 Å². The maximum Gasteiger partial charge on any atom is 0.0931 e. The fourth-order valence-electron chi connectivity index (χ4n) is 2.42. The molecule has 1 fully saturated rings. The molecule has 4 heteroatoms. The third kappa shape index (κ3) is 3.11. The standard InChI is InChI=1S/C14H25N3S/c1-11(2)9-13-16-12(10-18-13)14(3,4)17-7-5-15-6-8-17/h10-11,15H,5-9H2,1-4H3. The average Bonchev–Trinajstić information content (AvgIpc) is 2.78. The van der Waals surface area contributed by atoms with Crippen LogP contribution in [0.4, 0.5) is 0 Å². The van der Waals surface area contributed by atoms with Gasteiger partial charge in [0.25, 0.3) is 0 Å². The minimum absolute atomic E-state index is 0.0633. The highest BCUT2D eigenvalue weighted by Gasteiger charge is 2.31. The van der Waals surface area contributed by atoms with Crippen LogP contribution in [0.1, 0.15) is 38.4 Å². The predicted molar refractivity (Wildman–Crippen MR) is 78.1 cm³/mol. The summed E-state index contributed by atoms with van der Waals surface area (Å²) in [6, 6.07) is 0. The van der Waals surface area contributed by atoms with Crippen LogP contribution in [0, 0.1) is 5.92 Å². The van der Waals surface area contributed by atoms with E-state index < -0.39 is 0 Å². The Morgan fingerprint density at radius 2 is 2.06 bits per heavy atom. The Kier molecular flexibility index (Phi) is 4.41. The fourth-order valence-corrected chi connectivity index (χ4v) is 3.59. The zero-order valence-corrected chi connectivity index (χ0v) is 12.8. The van der Waals surface area contributed by atoms with E-state index in [1.807, 2.05) is 11.3 Å². The van der Waals surface area contributed by atoms with Gasteiger partial charge in [-0.1, -0.05) is 13.8 Å². The molecule has 0 amide bonds. The number of piperazine rings is 1. The predicted octanol–water partition coefficient (Wildman–Crippen LogP) is 2.48. The van der Waals surface area contributed by atoms with Crippen molar-refractivity contribution < 1.29 is 0 Å². The summed E-state index contributed by atoms with van der Waals surface area (Å²) in [5, 5.41) is 6.94. The van der Waals surface area contributed by atoms with Gasteiger partial charge in [-0.3, -0.25) is 4.90 Å². The summed E-state index contributed by atoms with van der Waals surface area (Å²) in [7, 11) is 0. The highest BCUT2D eigenvalue weighted by Crippen LogP contribution is 2.29. The minimum Gasteiger partial charge on any atom is -0.314 e. The van der Waals surface area contributed by atoms with Crippen LogP contribution in [0.5, 0.6) is 0 Å². The van der Waals surface area contributed by atoms with E-state index >= 15 is 0 Å². The molecule has 0 spiro atoms. The number of thiazole rings is 1. The highest BCUT2D eigenvalue weighted by atomic mass is 32.1. The van der Waals surface area contributed by atoms with Crippen LogP contribution >= 0.6 is 11.3 Å². The molecule has 0 bridgehead atoms. The number of hydrogen-bond donors (Lipinski definition) is 1. The Morgan fingerprint density at radius 3 is 2.67 bits per heavy atom. The van der Waals surface area contributed by atoms with Gasteiger partial charge in [0, 0.05) is 38.0 Å². The first kappa shape index (κ1) is 14.0. The normalized spacial score (nSPS) is 18.5. The number of nitrogens with one attached hydrogen (secondary N) is 1. The van der Waals surface area contributed by atoms with Crippen LogP contribution in [0.2, 0.25) is 0 Å². The SMILES string of the molecule is CC(C)Cc1nc(C(C)(C)N2CCNCC2)cs1. The molecule has 1 saturated heterocycles. The van der Waals surface area contributed by atoms with Gasteiger partial charge in [0.15, 0.2) is 0 Å². The summed E-state index contributed by atoms with van der Waals surface area (Å²) in [4.78, 5) is 7.39. The van der Waals surface area contributed by atoms with Crippen LogP contribution in [0.15, 0.2) is 5.38 Å². The molecular weight excluding hydrogens is 242 g/mol. The zero-order chi connectivity index (χ0) is 13.2. The molecular formula is C14H25N3S. The van der Waals surface area contributed by atoms with E-state index in [2.05, 4.69) is 43.3 Å². The molecule has 0 saturated carbocycles. The molecule has 1 aliphatic rings. The molecule has 0 aliphatic carbocycles. The first-order valence-corrected chi connectivity index (χ1v) is 7.79. The molecule has 1 aromatic heterocycles. The van der Waals surface area contributed by atoms with Gasteiger partial charge in [-0.25, -0.2) is 4.98 Å². The van der Waals surface area contributed by atoms with E-state index in [0.717, 1.165) is 32.6 Å². The third-order valence-electron chi connectivity index (χ3n) is 3.67. The average molecular weight is 267 g/mol. The van der Waals surface area contributed by atoms with Crippen LogP contribution in [-0.4, -0.2) is 36.1 Å². The van der Waals surface area contributed by atoms with Crippen molar-refractivity contribution in [2.75, 3.05) is 26.2 Å². The van der Waals surface area contributed by atoms with Crippen molar-refractivity contribution in [1.82, 2.24) is 15.2 Å². The quantitative estimate of drug-likeness (QED) is 0.908. The Bertz CT molecular complexity index is 378. The first-order valence-electron chi connectivity index (χ1n) is 6.91. The summed E-state index contributed by atoms with van der Waals surface area (Å²) in [6.07, 6.45) is 1.10. The zero-order valence-electron chi connectivity index (χ0n) is 12.0. The van der Waals surface area contributed by atoms with E-state index in [1.54, 1.807) is 0 Å². The van der Waals surface area contributed by atoms with Gasteiger partial charge in [-0.15, -0.1) is 11.3 Å². The van der Waals surface area contributed by atoms with Crippen molar-refractivity contribution in [3.8, 4) is 0 Å². The molecule has 0 radical (unpaired) electrons. The van der Waals surface area contributed by atoms with Gasteiger partial charge in [-0.05, 0) is 19.8 Å². The van der Waals surface area contributed by atoms with E-state index in [1.165, 1.54) is 10.7 Å². The first-order chi connectivity index (χ1) is 8.50. The summed E-state index contributed by atoms with van der Waals surface area (Å²) >= 11 is 1.82. The molecule has 1 N–H and O–H groups in total. The molecule has 2 heterocycles. The second-order valence-corrected chi connectivity index (χ2v) is 6.96. The maximum absolute atomic E-state index is 4.85. The van der Waals surface area contributed by atoms with Crippen LogP contribution in [-0.2, 0) is 12.0 Å². The maximum atomic E-state index is 4.85.